The molecule has 0 aliphatic carbocycles. The highest BCUT2D eigenvalue weighted by Crippen LogP contribution is 2.28. The highest BCUT2D eigenvalue weighted by atomic mass is 16.5. The predicted molar refractivity (Wildman–Crippen MR) is 108 cm³/mol. The molecule has 0 fully saturated rings. The van der Waals surface area contributed by atoms with Gasteiger partial charge in [-0.25, -0.2) is 4.79 Å². The van der Waals surface area contributed by atoms with Crippen molar-refractivity contribution in [2.75, 3.05) is 6.61 Å². The number of unbranched alkanes of at least 4 members (excludes halogenated alkanes) is 1. The topological polar surface area (TPSA) is 117 Å². The fraction of sp³-hybridized carbons (Fsp3) is 0.381. The number of nitriles is 1. The summed E-state index contributed by atoms with van der Waals surface area (Å²) in [6.07, 6.45) is 1.85. The summed E-state index contributed by atoms with van der Waals surface area (Å²) in [5, 5.41) is 28.0. The number of pyridine rings is 1. The SMILES string of the molecule is CCCCn1c(O)c(C#N)c(CC)c(N=Nc2ccc(C(=O)OCC)cc2)c1=O. The van der Waals surface area contributed by atoms with Crippen LogP contribution in [0.25, 0.3) is 0 Å². The van der Waals surface area contributed by atoms with Gasteiger partial charge in [-0.05, 0) is 44.0 Å². The zero-order valence-electron chi connectivity index (χ0n) is 16.8. The Bertz CT molecular complexity index is 1000. The Morgan fingerprint density at radius 2 is 1.90 bits per heavy atom. The molecule has 0 radical (unpaired) electrons. The van der Waals surface area contributed by atoms with Gasteiger partial charge in [-0.2, -0.15) is 10.4 Å². The number of esters is 1. The second kappa shape index (κ2) is 10.2. The number of nitrogens with zero attached hydrogens (tertiary/aromatic N) is 4. The summed E-state index contributed by atoms with van der Waals surface area (Å²) in [7, 11) is 0. The van der Waals surface area contributed by atoms with E-state index in [1.54, 1.807) is 38.1 Å². The van der Waals surface area contributed by atoms with Gasteiger partial charge in [0.05, 0.1) is 17.9 Å². The number of carbonyl (C=O) groups excluding carboxylic acids is 1. The number of aromatic hydroxyl groups is 1. The Balaban J connectivity index is 2.47. The summed E-state index contributed by atoms with van der Waals surface area (Å²) in [6.45, 7) is 6.04. The first-order chi connectivity index (χ1) is 14.0. The fourth-order valence-electron chi connectivity index (χ4n) is 2.82. The molecular weight excluding hydrogens is 372 g/mol. The van der Waals surface area contributed by atoms with E-state index in [1.807, 2.05) is 13.0 Å². The van der Waals surface area contributed by atoms with Gasteiger partial charge < -0.3 is 9.84 Å². The zero-order chi connectivity index (χ0) is 21.4. The summed E-state index contributed by atoms with van der Waals surface area (Å²) in [6, 6.07) is 8.26. The Labute approximate surface area is 169 Å². The van der Waals surface area contributed by atoms with Gasteiger partial charge in [0.1, 0.15) is 11.6 Å². The molecule has 29 heavy (non-hydrogen) atoms. The molecule has 0 amide bonds. The van der Waals surface area contributed by atoms with Crippen LogP contribution in [-0.2, 0) is 17.7 Å². The molecule has 8 heteroatoms. The zero-order valence-corrected chi connectivity index (χ0v) is 16.8. The average Bonchev–Trinajstić information content (AvgIpc) is 2.73. The second-order valence-electron chi connectivity index (χ2n) is 6.27. The normalized spacial score (nSPS) is 10.8. The minimum Gasteiger partial charge on any atom is -0.493 e. The molecule has 0 unspecified atom stereocenters. The Morgan fingerprint density at radius 1 is 1.21 bits per heavy atom. The lowest BCUT2D eigenvalue weighted by atomic mass is 10.1. The van der Waals surface area contributed by atoms with Crippen LogP contribution in [0.5, 0.6) is 5.88 Å². The quantitative estimate of drug-likeness (QED) is 0.525. The van der Waals surface area contributed by atoms with Gasteiger partial charge in [0.25, 0.3) is 5.56 Å². The molecule has 0 bridgehead atoms. The van der Waals surface area contributed by atoms with Crippen LogP contribution < -0.4 is 5.56 Å². The highest BCUT2D eigenvalue weighted by molar-refractivity contribution is 5.89. The van der Waals surface area contributed by atoms with Crippen LogP contribution in [0.3, 0.4) is 0 Å². The standard InChI is InChI=1S/C21H24N4O4/c1-4-7-12-25-19(26)17(13-22)16(5-2)18(20(25)27)24-23-15-10-8-14(9-11-15)21(28)29-6-3/h8-11,26H,4-7,12H2,1-3H3. The van der Waals surface area contributed by atoms with Gasteiger partial charge in [0.15, 0.2) is 5.69 Å². The molecule has 152 valence electrons. The van der Waals surface area contributed by atoms with Crippen LogP contribution in [0.2, 0.25) is 0 Å². The van der Waals surface area contributed by atoms with E-state index in [2.05, 4.69) is 10.2 Å². The third-order valence-electron chi connectivity index (χ3n) is 4.36. The van der Waals surface area contributed by atoms with E-state index in [1.165, 1.54) is 4.57 Å². The molecule has 2 aromatic rings. The Hall–Kier alpha value is -3.47. The van der Waals surface area contributed by atoms with E-state index >= 15 is 0 Å². The fourth-order valence-corrected chi connectivity index (χ4v) is 2.82. The van der Waals surface area contributed by atoms with Crippen LogP contribution in [0, 0.1) is 11.3 Å². The number of benzene rings is 1. The smallest absolute Gasteiger partial charge is 0.338 e. The monoisotopic (exact) mass is 396 g/mol. The molecule has 1 aromatic heterocycles. The van der Waals surface area contributed by atoms with Crippen LogP contribution >= 0.6 is 0 Å². The molecule has 1 aromatic carbocycles. The number of carbonyl (C=O) groups is 1. The van der Waals surface area contributed by atoms with Crippen LogP contribution in [-0.4, -0.2) is 22.2 Å². The van der Waals surface area contributed by atoms with Crippen molar-refractivity contribution in [3.63, 3.8) is 0 Å². The summed E-state index contributed by atoms with van der Waals surface area (Å²) in [5.74, 6) is -0.763. The summed E-state index contributed by atoms with van der Waals surface area (Å²) in [5.41, 5.74) is 0.764. The van der Waals surface area contributed by atoms with Crippen molar-refractivity contribution in [2.45, 2.75) is 46.6 Å². The van der Waals surface area contributed by atoms with Crippen molar-refractivity contribution in [2.24, 2.45) is 10.2 Å². The molecule has 1 heterocycles. The maximum Gasteiger partial charge on any atom is 0.338 e. The van der Waals surface area contributed by atoms with E-state index in [4.69, 9.17) is 4.74 Å². The molecule has 0 aliphatic heterocycles. The molecule has 0 atom stereocenters. The lowest BCUT2D eigenvalue weighted by Gasteiger charge is -2.13. The number of hydrogen-bond acceptors (Lipinski definition) is 7. The van der Waals surface area contributed by atoms with Crippen LogP contribution in [0.1, 0.15) is 55.1 Å². The minimum absolute atomic E-state index is 0.0347. The number of aromatic nitrogens is 1. The summed E-state index contributed by atoms with van der Waals surface area (Å²) in [4.78, 5) is 24.6. The van der Waals surface area contributed by atoms with Crippen LogP contribution in [0.4, 0.5) is 11.4 Å². The van der Waals surface area contributed by atoms with Gasteiger partial charge in [-0.1, -0.05) is 20.3 Å². The molecular formula is C21H24N4O4. The van der Waals surface area contributed by atoms with E-state index < -0.39 is 11.5 Å². The van der Waals surface area contributed by atoms with Crippen LogP contribution in [0.15, 0.2) is 39.3 Å². The molecule has 0 saturated carbocycles. The maximum atomic E-state index is 12.9. The lowest BCUT2D eigenvalue weighted by Crippen LogP contribution is -2.22. The van der Waals surface area contributed by atoms with Crippen molar-refractivity contribution in [3.05, 3.63) is 51.3 Å². The molecule has 0 saturated heterocycles. The molecule has 2 rings (SSSR count). The van der Waals surface area contributed by atoms with Crippen molar-refractivity contribution in [1.82, 2.24) is 4.57 Å². The third-order valence-corrected chi connectivity index (χ3v) is 4.36. The largest absolute Gasteiger partial charge is 0.493 e. The van der Waals surface area contributed by atoms with E-state index in [-0.39, 0.29) is 30.3 Å². The first kappa shape index (κ1) is 21.8. The lowest BCUT2D eigenvalue weighted by molar-refractivity contribution is 0.0526. The summed E-state index contributed by atoms with van der Waals surface area (Å²) >= 11 is 0. The average molecular weight is 396 g/mol. The highest BCUT2D eigenvalue weighted by Gasteiger charge is 2.20. The predicted octanol–water partition coefficient (Wildman–Crippen LogP) is 4.38. The molecule has 8 nitrogen and oxygen atoms in total. The van der Waals surface area contributed by atoms with Gasteiger partial charge in [0.2, 0.25) is 5.88 Å². The Kier molecular flexibility index (Phi) is 7.66. The maximum absolute atomic E-state index is 12.9. The van der Waals surface area contributed by atoms with Crippen molar-refractivity contribution in [1.29, 1.82) is 5.26 Å². The van der Waals surface area contributed by atoms with Crippen molar-refractivity contribution < 1.29 is 14.6 Å². The van der Waals surface area contributed by atoms with Crippen molar-refractivity contribution in [3.8, 4) is 11.9 Å². The molecule has 0 aliphatic rings. The van der Waals surface area contributed by atoms with Gasteiger partial charge in [-0.15, -0.1) is 5.11 Å². The molecule has 0 spiro atoms. The van der Waals surface area contributed by atoms with E-state index in [0.717, 1.165) is 6.42 Å². The number of hydrogen-bond donors (Lipinski definition) is 1. The Morgan fingerprint density at radius 3 is 2.45 bits per heavy atom. The summed E-state index contributed by atoms with van der Waals surface area (Å²) < 4.78 is 6.10. The first-order valence-corrected chi connectivity index (χ1v) is 9.56. The van der Waals surface area contributed by atoms with Gasteiger partial charge in [0, 0.05) is 12.1 Å². The van der Waals surface area contributed by atoms with E-state index in [9.17, 15) is 20.0 Å². The number of rotatable bonds is 8. The third kappa shape index (κ3) is 4.88. The number of ether oxygens (including phenoxy) is 1. The van der Waals surface area contributed by atoms with Crippen molar-refractivity contribution >= 4 is 17.3 Å². The minimum atomic E-state index is -0.487. The molecule has 1 N–H and O–H groups in total. The van der Waals surface area contributed by atoms with Gasteiger partial charge >= 0.3 is 5.97 Å². The second-order valence-corrected chi connectivity index (χ2v) is 6.27. The number of azo groups is 1. The first-order valence-electron chi connectivity index (χ1n) is 9.56. The van der Waals surface area contributed by atoms with E-state index in [0.29, 0.717) is 29.7 Å². The van der Waals surface area contributed by atoms with Gasteiger partial charge in [-0.3, -0.25) is 9.36 Å².